The molecular weight excluding hydrogens is 438 g/mol. The molecule has 1 amide bonds. The predicted molar refractivity (Wildman–Crippen MR) is 125 cm³/mol. The molecule has 0 atom stereocenters. The molecule has 1 saturated carbocycles. The number of sulfonamides is 1. The number of amides is 1. The Bertz CT molecular complexity index is 1260. The number of carbonyl (C=O) groups excluding carboxylic acids is 1. The zero-order chi connectivity index (χ0) is 22.8. The molecule has 1 aliphatic carbocycles. The molecule has 0 N–H and O–H groups in total. The first-order chi connectivity index (χ1) is 16.0. The van der Waals surface area contributed by atoms with Gasteiger partial charge in [-0.05, 0) is 36.6 Å². The van der Waals surface area contributed by atoms with E-state index >= 15 is 0 Å². The van der Waals surface area contributed by atoms with Crippen LogP contribution in [0.25, 0.3) is 11.8 Å². The molecule has 3 aromatic rings. The summed E-state index contributed by atoms with van der Waals surface area (Å²) in [5.74, 6) is 0.0971. The summed E-state index contributed by atoms with van der Waals surface area (Å²) in [5, 5.41) is 9.75. The summed E-state index contributed by atoms with van der Waals surface area (Å²) in [6.45, 7) is 1.14. The summed E-state index contributed by atoms with van der Waals surface area (Å²) in [4.78, 5) is 15.0. The number of rotatable bonds is 6. The molecule has 2 aliphatic rings. The van der Waals surface area contributed by atoms with Gasteiger partial charge in [-0.3, -0.25) is 4.79 Å². The van der Waals surface area contributed by atoms with E-state index in [1.165, 1.54) is 9.71 Å². The third-order valence-corrected chi connectivity index (χ3v) is 7.56. The van der Waals surface area contributed by atoms with Crippen molar-refractivity contribution < 1.29 is 13.2 Å². The second kappa shape index (κ2) is 8.92. The Morgan fingerprint density at radius 2 is 1.55 bits per heavy atom. The van der Waals surface area contributed by atoms with Gasteiger partial charge >= 0.3 is 0 Å². The summed E-state index contributed by atoms with van der Waals surface area (Å²) in [7, 11) is -3.56. The lowest BCUT2D eigenvalue weighted by Crippen LogP contribution is -2.50. The topological polar surface area (TPSA) is 88.4 Å². The molecule has 1 aromatic heterocycles. The number of aromatic nitrogens is 3. The molecule has 1 saturated heterocycles. The highest BCUT2D eigenvalue weighted by Crippen LogP contribution is 2.42. The van der Waals surface area contributed by atoms with Crippen molar-refractivity contribution in [3.05, 3.63) is 83.0 Å². The van der Waals surface area contributed by atoms with Gasteiger partial charge in [0.05, 0.1) is 11.4 Å². The van der Waals surface area contributed by atoms with Crippen LogP contribution < -0.4 is 0 Å². The lowest BCUT2D eigenvalue weighted by atomic mass is 10.2. The Hall–Kier alpha value is -3.30. The SMILES string of the molecule is O=C(c1nnn(-c2ccccc2)c1C1CC1)N1CCN(S(=O)(=O)/C=C/c2ccccc2)CC1. The number of carbonyl (C=O) groups is 1. The van der Waals surface area contributed by atoms with Gasteiger partial charge < -0.3 is 4.90 Å². The van der Waals surface area contributed by atoms with E-state index in [-0.39, 0.29) is 24.9 Å². The molecule has 33 heavy (non-hydrogen) atoms. The van der Waals surface area contributed by atoms with Gasteiger partial charge in [0.25, 0.3) is 5.91 Å². The first-order valence-corrected chi connectivity index (χ1v) is 12.6. The highest BCUT2D eigenvalue weighted by Gasteiger charge is 2.37. The monoisotopic (exact) mass is 463 g/mol. The van der Waals surface area contributed by atoms with Gasteiger partial charge in [-0.25, -0.2) is 13.1 Å². The number of hydrogen-bond acceptors (Lipinski definition) is 5. The normalized spacial score (nSPS) is 17.5. The van der Waals surface area contributed by atoms with E-state index in [0.717, 1.165) is 29.8 Å². The molecule has 0 spiro atoms. The third-order valence-electron chi connectivity index (χ3n) is 5.99. The Morgan fingerprint density at radius 1 is 0.909 bits per heavy atom. The fraction of sp³-hybridized carbons (Fsp3) is 0.292. The van der Waals surface area contributed by atoms with Crippen molar-refractivity contribution in [3.8, 4) is 5.69 Å². The lowest BCUT2D eigenvalue weighted by molar-refractivity contribution is 0.0691. The van der Waals surface area contributed by atoms with E-state index in [1.54, 1.807) is 15.7 Å². The summed E-state index contributed by atoms with van der Waals surface area (Å²) >= 11 is 0. The van der Waals surface area contributed by atoms with Gasteiger partial charge in [0, 0.05) is 37.5 Å². The average Bonchev–Trinajstić information content (AvgIpc) is 3.61. The van der Waals surface area contributed by atoms with Crippen molar-refractivity contribution in [2.75, 3.05) is 26.2 Å². The number of hydrogen-bond donors (Lipinski definition) is 0. The van der Waals surface area contributed by atoms with Crippen LogP contribution in [0.3, 0.4) is 0 Å². The maximum absolute atomic E-state index is 13.3. The minimum absolute atomic E-state index is 0.184. The molecule has 170 valence electrons. The Labute approximate surface area is 193 Å². The zero-order valence-corrected chi connectivity index (χ0v) is 18.9. The van der Waals surface area contributed by atoms with Crippen LogP contribution in [-0.2, 0) is 10.0 Å². The molecule has 2 heterocycles. The number of para-hydroxylation sites is 1. The molecule has 5 rings (SSSR count). The first-order valence-electron chi connectivity index (χ1n) is 11.1. The van der Waals surface area contributed by atoms with Gasteiger partial charge in [-0.2, -0.15) is 4.31 Å². The van der Waals surface area contributed by atoms with Crippen molar-refractivity contribution in [2.45, 2.75) is 18.8 Å². The molecule has 2 fully saturated rings. The second-order valence-electron chi connectivity index (χ2n) is 8.29. The van der Waals surface area contributed by atoms with Gasteiger partial charge in [0.15, 0.2) is 5.69 Å². The van der Waals surface area contributed by atoms with E-state index < -0.39 is 10.0 Å². The molecule has 0 bridgehead atoms. The van der Waals surface area contributed by atoms with Crippen LogP contribution in [0.2, 0.25) is 0 Å². The van der Waals surface area contributed by atoms with Crippen molar-refractivity contribution in [1.82, 2.24) is 24.2 Å². The Kier molecular flexibility index (Phi) is 5.82. The Balaban J connectivity index is 1.29. The molecule has 8 nitrogen and oxygen atoms in total. The number of piperazine rings is 1. The minimum Gasteiger partial charge on any atom is -0.335 e. The zero-order valence-electron chi connectivity index (χ0n) is 18.1. The number of nitrogens with zero attached hydrogens (tertiary/aromatic N) is 5. The van der Waals surface area contributed by atoms with Gasteiger partial charge in [0.2, 0.25) is 10.0 Å². The van der Waals surface area contributed by atoms with Crippen LogP contribution >= 0.6 is 0 Å². The highest BCUT2D eigenvalue weighted by molar-refractivity contribution is 7.92. The minimum atomic E-state index is -3.56. The average molecular weight is 464 g/mol. The quantitative estimate of drug-likeness (QED) is 0.561. The van der Waals surface area contributed by atoms with E-state index in [4.69, 9.17) is 0 Å². The number of benzene rings is 2. The van der Waals surface area contributed by atoms with Crippen LogP contribution in [0.1, 0.15) is 40.5 Å². The molecule has 1 aliphatic heterocycles. The van der Waals surface area contributed by atoms with Crippen LogP contribution in [0, 0.1) is 0 Å². The third kappa shape index (κ3) is 4.60. The highest BCUT2D eigenvalue weighted by atomic mass is 32.2. The van der Waals surface area contributed by atoms with E-state index in [2.05, 4.69) is 10.3 Å². The summed E-state index contributed by atoms with van der Waals surface area (Å²) in [5.41, 5.74) is 2.93. The van der Waals surface area contributed by atoms with E-state index in [9.17, 15) is 13.2 Å². The molecule has 2 aromatic carbocycles. The van der Waals surface area contributed by atoms with Crippen LogP contribution in [0.5, 0.6) is 0 Å². The fourth-order valence-electron chi connectivity index (χ4n) is 4.03. The molecule has 0 radical (unpaired) electrons. The van der Waals surface area contributed by atoms with Gasteiger partial charge in [0.1, 0.15) is 0 Å². The first kappa shape index (κ1) is 21.5. The maximum Gasteiger partial charge on any atom is 0.276 e. The van der Waals surface area contributed by atoms with Crippen molar-refractivity contribution >= 4 is 22.0 Å². The van der Waals surface area contributed by atoms with E-state index in [0.29, 0.717) is 18.8 Å². The van der Waals surface area contributed by atoms with E-state index in [1.807, 2.05) is 60.7 Å². The van der Waals surface area contributed by atoms with Crippen molar-refractivity contribution in [1.29, 1.82) is 0 Å². The predicted octanol–water partition coefficient (Wildman–Crippen LogP) is 2.90. The van der Waals surface area contributed by atoms with Crippen LogP contribution in [0.15, 0.2) is 66.1 Å². The van der Waals surface area contributed by atoms with Crippen molar-refractivity contribution in [2.24, 2.45) is 0 Å². The Morgan fingerprint density at radius 3 is 2.18 bits per heavy atom. The summed E-state index contributed by atoms with van der Waals surface area (Å²) < 4.78 is 28.6. The maximum atomic E-state index is 13.3. The smallest absolute Gasteiger partial charge is 0.276 e. The van der Waals surface area contributed by atoms with Crippen LogP contribution in [-0.4, -0.2) is 64.7 Å². The molecular formula is C24H25N5O3S. The second-order valence-corrected chi connectivity index (χ2v) is 10.1. The van der Waals surface area contributed by atoms with Crippen LogP contribution in [0.4, 0.5) is 0 Å². The molecule has 9 heteroatoms. The fourth-order valence-corrected chi connectivity index (χ4v) is 5.21. The lowest BCUT2D eigenvalue weighted by Gasteiger charge is -2.33. The summed E-state index contributed by atoms with van der Waals surface area (Å²) in [6.07, 6.45) is 3.62. The largest absolute Gasteiger partial charge is 0.335 e. The van der Waals surface area contributed by atoms with Crippen molar-refractivity contribution in [3.63, 3.8) is 0 Å². The summed E-state index contributed by atoms with van der Waals surface area (Å²) in [6, 6.07) is 19.0. The molecule has 0 unspecified atom stereocenters. The standard InChI is InChI=1S/C24H25N5O3S/c30-24(22-23(20-11-12-20)29(26-25-22)21-9-5-2-6-10-21)27-14-16-28(17-15-27)33(31,32)18-13-19-7-3-1-4-8-19/h1-10,13,18,20H,11-12,14-17H2/b18-13+. The van der Waals surface area contributed by atoms with Gasteiger partial charge in [-0.15, -0.1) is 5.10 Å². The van der Waals surface area contributed by atoms with Gasteiger partial charge in [-0.1, -0.05) is 53.7 Å².